The Morgan fingerprint density at radius 1 is 1.42 bits per heavy atom. The number of nitrogens with zero attached hydrogens (tertiary/aromatic N) is 1. The van der Waals surface area contributed by atoms with Crippen molar-refractivity contribution in [2.45, 2.75) is 12.5 Å². The van der Waals surface area contributed by atoms with Crippen molar-refractivity contribution in [2.75, 3.05) is 0 Å². The number of hydrogen-bond acceptors (Lipinski definition) is 1. The van der Waals surface area contributed by atoms with Crippen molar-refractivity contribution in [2.24, 2.45) is 0 Å². The topological polar surface area (TPSA) is 21.4 Å². The van der Waals surface area contributed by atoms with Crippen molar-refractivity contribution in [1.29, 1.82) is 0 Å². The number of rotatable bonds is 3. The lowest BCUT2D eigenvalue weighted by Gasteiger charge is -1.99. The summed E-state index contributed by atoms with van der Waals surface area (Å²) in [6.45, 7) is 6.87. The molecule has 1 rings (SSSR count). The molecule has 0 N–H and O–H groups in total. The van der Waals surface area contributed by atoms with E-state index in [0.29, 0.717) is 0 Å². The fraction of sp³-hybridized carbons (Fsp3) is 0.200. The number of carbonyl (C=O) groups excluding carboxylic acids is 1. The molecule has 0 bridgehead atoms. The van der Waals surface area contributed by atoms with Crippen LogP contribution in [-0.4, -0.2) is 6.29 Å². The molecule has 1 aromatic rings. The minimum absolute atomic E-state index is 0.285. The number of aldehydes is 1. The third-order valence-electron chi connectivity index (χ3n) is 1.66. The quantitative estimate of drug-likeness (QED) is 0.489. The van der Waals surface area contributed by atoms with Gasteiger partial charge in [-0.15, -0.1) is 0 Å². The molecule has 0 aliphatic carbocycles. The minimum Gasteiger partial charge on any atom is -0.308 e. The predicted molar refractivity (Wildman–Crippen MR) is 46.5 cm³/mol. The molecule has 1 unspecified atom stereocenters. The molecule has 0 amide bonds. The molecule has 0 fully saturated rings. The molecule has 2 heteroatoms. The van der Waals surface area contributed by atoms with Crippen molar-refractivity contribution in [1.82, 2.24) is 0 Å². The lowest BCUT2D eigenvalue weighted by Crippen LogP contribution is -1.92. The second-order valence-electron chi connectivity index (χ2n) is 2.46. The van der Waals surface area contributed by atoms with Crippen molar-refractivity contribution in [3.8, 4) is 0 Å². The molecule has 0 saturated heterocycles. The van der Waals surface area contributed by atoms with Gasteiger partial charge in [-0.3, -0.25) is 0 Å². The minimum atomic E-state index is -0.302. The Bertz CT molecular complexity index is 286. The summed E-state index contributed by atoms with van der Waals surface area (Å²) in [7, 11) is 0. The fourth-order valence-electron chi connectivity index (χ4n) is 1.03. The van der Waals surface area contributed by atoms with Crippen molar-refractivity contribution < 1.29 is 4.79 Å². The SMILES string of the molecule is [C-]#[N+]C(CC=O)c1ccccc1. The molecule has 0 aliphatic heterocycles. The van der Waals surface area contributed by atoms with E-state index in [1.165, 1.54) is 0 Å². The molecule has 12 heavy (non-hydrogen) atoms. The van der Waals surface area contributed by atoms with Gasteiger partial charge in [0.05, 0.1) is 6.42 Å². The van der Waals surface area contributed by atoms with Crippen molar-refractivity contribution in [3.63, 3.8) is 0 Å². The average molecular weight is 159 g/mol. The second-order valence-corrected chi connectivity index (χ2v) is 2.46. The third kappa shape index (κ3) is 1.93. The van der Waals surface area contributed by atoms with E-state index in [1.54, 1.807) is 0 Å². The van der Waals surface area contributed by atoms with Gasteiger partial charge in [0.2, 0.25) is 0 Å². The highest BCUT2D eigenvalue weighted by molar-refractivity contribution is 5.52. The van der Waals surface area contributed by atoms with Crippen LogP contribution in [-0.2, 0) is 4.79 Å². The Morgan fingerprint density at radius 2 is 2.08 bits per heavy atom. The zero-order chi connectivity index (χ0) is 8.81. The highest BCUT2D eigenvalue weighted by atomic mass is 16.1. The van der Waals surface area contributed by atoms with Gasteiger partial charge in [-0.05, 0) is 0 Å². The molecule has 0 saturated carbocycles. The zero-order valence-corrected chi connectivity index (χ0v) is 6.60. The molecule has 0 aliphatic rings. The maximum Gasteiger partial charge on any atom is 0.255 e. The van der Waals surface area contributed by atoms with Crippen LogP contribution in [0.3, 0.4) is 0 Å². The van der Waals surface area contributed by atoms with Crippen LogP contribution in [0.2, 0.25) is 0 Å². The molecular formula is C10H9NO. The van der Waals surface area contributed by atoms with E-state index in [9.17, 15) is 4.79 Å². The first kappa shape index (κ1) is 8.48. The van der Waals surface area contributed by atoms with Crippen LogP contribution in [0.25, 0.3) is 4.85 Å². The first-order valence-electron chi connectivity index (χ1n) is 3.73. The summed E-state index contributed by atoms with van der Waals surface area (Å²) < 4.78 is 0. The molecule has 0 radical (unpaired) electrons. The zero-order valence-electron chi connectivity index (χ0n) is 6.60. The summed E-state index contributed by atoms with van der Waals surface area (Å²) >= 11 is 0. The number of benzene rings is 1. The normalized spacial score (nSPS) is 11.6. The van der Waals surface area contributed by atoms with E-state index in [0.717, 1.165) is 11.8 Å². The molecule has 0 heterocycles. The van der Waals surface area contributed by atoms with Crippen LogP contribution in [0.1, 0.15) is 18.0 Å². The predicted octanol–water partition coefficient (Wildman–Crippen LogP) is 2.24. The highest BCUT2D eigenvalue weighted by Gasteiger charge is 2.13. The van der Waals surface area contributed by atoms with Crippen LogP contribution < -0.4 is 0 Å². The molecule has 60 valence electrons. The average Bonchev–Trinajstić information content (AvgIpc) is 2.15. The summed E-state index contributed by atoms with van der Waals surface area (Å²) in [6, 6.07) is 9.07. The summed E-state index contributed by atoms with van der Waals surface area (Å²) in [4.78, 5) is 13.6. The molecule has 1 atom stereocenters. The standard InChI is InChI=1S/C10H9NO/c1-11-10(7-8-12)9-5-3-2-4-6-9/h2-6,8,10H,7H2. The lowest BCUT2D eigenvalue weighted by atomic mass is 10.1. The van der Waals surface area contributed by atoms with E-state index in [2.05, 4.69) is 4.85 Å². The summed E-state index contributed by atoms with van der Waals surface area (Å²) in [6.07, 6.45) is 1.07. The monoisotopic (exact) mass is 159 g/mol. The second kappa shape index (κ2) is 4.30. The van der Waals surface area contributed by atoms with Crippen LogP contribution in [0.4, 0.5) is 0 Å². The van der Waals surface area contributed by atoms with Gasteiger partial charge < -0.3 is 9.64 Å². The van der Waals surface area contributed by atoms with Crippen LogP contribution >= 0.6 is 0 Å². The van der Waals surface area contributed by atoms with Gasteiger partial charge in [0.25, 0.3) is 6.04 Å². The maximum atomic E-state index is 10.2. The number of hydrogen-bond donors (Lipinski definition) is 0. The Balaban J connectivity index is 2.82. The van der Waals surface area contributed by atoms with Crippen LogP contribution in [0.15, 0.2) is 30.3 Å². The Morgan fingerprint density at radius 3 is 2.58 bits per heavy atom. The van der Waals surface area contributed by atoms with Gasteiger partial charge in [-0.2, -0.15) is 0 Å². The molecule has 0 aromatic heterocycles. The van der Waals surface area contributed by atoms with E-state index < -0.39 is 0 Å². The molecule has 2 nitrogen and oxygen atoms in total. The Kier molecular flexibility index (Phi) is 3.04. The third-order valence-corrected chi connectivity index (χ3v) is 1.66. The Hall–Kier alpha value is -1.62. The van der Waals surface area contributed by atoms with E-state index in [4.69, 9.17) is 6.57 Å². The first-order valence-corrected chi connectivity index (χ1v) is 3.73. The van der Waals surface area contributed by atoms with Crippen LogP contribution in [0.5, 0.6) is 0 Å². The molecule has 0 spiro atoms. The largest absolute Gasteiger partial charge is 0.308 e. The Labute approximate surface area is 71.7 Å². The maximum absolute atomic E-state index is 10.2. The van der Waals surface area contributed by atoms with E-state index in [-0.39, 0.29) is 12.5 Å². The molecular weight excluding hydrogens is 150 g/mol. The van der Waals surface area contributed by atoms with Gasteiger partial charge in [0, 0.05) is 5.56 Å². The highest BCUT2D eigenvalue weighted by Crippen LogP contribution is 2.18. The van der Waals surface area contributed by atoms with Gasteiger partial charge in [0.15, 0.2) is 0 Å². The van der Waals surface area contributed by atoms with Gasteiger partial charge in [-0.25, -0.2) is 6.57 Å². The number of carbonyl (C=O) groups is 1. The first-order chi connectivity index (χ1) is 5.88. The van der Waals surface area contributed by atoms with Crippen molar-refractivity contribution >= 4 is 6.29 Å². The smallest absolute Gasteiger partial charge is 0.255 e. The summed E-state index contributed by atoms with van der Waals surface area (Å²) in [5.41, 5.74) is 0.916. The summed E-state index contributed by atoms with van der Waals surface area (Å²) in [5.74, 6) is 0. The summed E-state index contributed by atoms with van der Waals surface area (Å²) in [5, 5.41) is 0. The van der Waals surface area contributed by atoms with Gasteiger partial charge in [-0.1, -0.05) is 30.3 Å². The fourth-order valence-corrected chi connectivity index (χ4v) is 1.03. The van der Waals surface area contributed by atoms with Gasteiger partial charge >= 0.3 is 0 Å². The lowest BCUT2D eigenvalue weighted by molar-refractivity contribution is -0.108. The van der Waals surface area contributed by atoms with E-state index in [1.807, 2.05) is 30.3 Å². The van der Waals surface area contributed by atoms with E-state index >= 15 is 0 Å². The van der Waals surface area contributed by atoms with Crippen molar-refractivity contribution in [3.05, 3.63) is 47.3 Å². The van der Waals surface area contributed by atoms with Crippen LogP contribution in [0, 0.1) is 6.57 Å². The van der Waals surface area contributed by atoms with Gasteiger partial charge in [0.1, 0.15) is 6.29 Å². The molecule has 1 aromatic carbocycles.